The van der Waals surface area contributed by atoms with E-state index in [1.165, 1.54) is 12.1 Å². The summed E-state index contributed by atoms with van der Waals surface area (Å²) in [6, 6.07) is 29.7. The van der Waals surface area contributed by atoms with Crippen molar-refractivity contribution in [3.8, 4) is 0 Å². The molecule has 352 valence electrons. The first-order valence-corrected chi connectivity index (χ1v) is 22.5. The van der Waals surface area contributed by atoms with Gasteiger partial charge >= 0.3 is 5.97 Å². The highest BCUT2D eigenvalue weighted by Gasteiger charge is 2.20. The molecule has 0 saturated carbocycles. The smallest absolute Gasteiger partial charge is 0.303 e. The van der Waals surface area contributed by atoms with E-state index in [-0.39, 0.29) is 65.4 Å². The van der Waals surface area contributed by atoms with Crippen LogP contribution in [0.5, 0.6) is 0 Å². The third-order valence-corrected chi connectivity index (χ3v) is 11.4. The Hall–Kier alpha value is -5.62. The molecular weight excluding hydrogens is 823 g/mol. The second-order valence-corrected chi connectivity index (χ2v) is 16.6. The van der Waals surface area contributed by atoms with Crippen molar-refractivity contribution < 1.29 is 33.1 Å². The first-order chi connectivity index (χ1) is 31.1. The lowest BCUT2D eigenvalue weighted by molar-refractivity contribution is -0.137. The molecule has 11 heteroatoms. The number of nitrogens with one attached hydrogen (secondary N) is 1. The third kappa shape index (κ3) is 20.4. The molecule has 0 aliphatic heterocycles. The summed E-state index contributed by atoms with van der Waals surface area (Å²) in [4.78, 5) is 50.8. The number of benzene rings is 4. The Morgan fingerprint density at radius 3 is 1.43 bits per heavy atom. The summed E-state index contributed by atoms with van der Waals surface area (Å²) in [7, 11) is 7.78. The van der Waals surface area contributed by atoms with Crippen molar-refractivity contribution in [3.05, 3.63) is 167 Å². The number of ketones is 2. The molecule has 9 nitrogen and oxygen atoms in total. The number of hydrogen-bond donors (Lipinski definition) is 3. The van der Waals surface area contributed by atoms with Gasteiger partial charge in [-0.05, 0) is 125 Å². The molecule has 0 spiro atoms. The number of carbonyl (C=O) groups is 4. The average molecular weight is 895 g/mol. The zero-order chi connectivity index (χ0) is 48.3. The molecule has 0 aliphatic rings. The number of nitrogens with two attached hydrogens (primary N) is 1. The van der Waals surface area contributed by atoms with E-state index in [2.05, 4.69) is 30.6 Å². The summed E-state index contributed by atoms with van der Waals surface area (Å²) in [5, 5.41) is 11.9. The van der Waals surface area contributed by atoms with Crippen molar-refractivity contribution in [2.75, 3.05) is 41.3 Å². The molecule has 65 heavy (non-hydrogen) atoms. The monoisotopic (exact) mass is 895 g/mol. The Kier molecular flexibility index (Phi) is 26.1. The first-order valence-electron chi connectivity index (χ1n) is 22.5. The van der Waals surface area contributed by atoms with Crippen LogP contribution >= 0.6 is 0 Å². The number of carboxylic acids is 1. The normalized spacial score (nSPS) is 12.7. The molecule has 4 N–H and O–H groups in total. The van der Waals surface area contributed by atoms with E-state index in [1.807, 2.05) is 98.7 Å². The summed E-state index contributed by atoms with van der Waals surface area (Å²) >= 11 is 0. The van der Waals surface area contributed by atoms with Gasteiger partial charge in [-0.15, -0.1) is 13.2 Å². The minimum Gasteiger partial charge on any atom is -0.481 e. The van der Waals surface area contributed by atoms with E-state index in [0.29, 0.717) is 38.8 Å². The van der Waals surface area contributed by atoms with Gasteiger partial charge in [-0.3, -0.25) is 19.2 Å². The van der Waals surface area contributed by atoms with Crippen LogP contribution < -0.4 is 11.1 Å². The van der Waals surface area contributed by atoms with Crippen molar-refractivity contribution in [2.24, 2.45) is 5.73 Å². The topological polar surface area (TPSA) is 133 Å². The molecule has 0 heterocycles. The molecule has 0 aliphatic carbocycles. The minimum absolute atomic E-state index is 0.00448. The Labute approximate surface area is 386 Å². The number of allylic oxidation sites excluding steroid dienone is 2. The SMILES string of the molecule is C=CCC[C@@H](CC(=O)NC[C@H](Cc1ccc(C(=O)CC)c(F)c1)N(C)C)c1ccccc1.C=CCC[C@@H](CC(=O)O)c1ccccc1.CCC(=O)c1ccc(C[C@@H](CN)N(C)C)cc1F. The first kappa shape index (κ1) is 55.5. The number of rotatable bonds is 25. The highest BCUT2D eigenvalue weighted by Crippen LogP contribution is 2.26. The third-order valence-electron chi connectivity index (χ3n) is 11.4. The van der Waals surface area contributed by atoms with E-state index in [1.54, 1.807) is 38.1 Å². The summed E-state index contributed by atoms with van der Waals surface area (Å²) in [5.41, 5.74) is 9.91. The molecule has 1 amide bonds. The predicted molar refractivity (Wildman–Crippen MR) is 261 cm³/mol. The largest absolute Gasteiger partial charge is 0.481 e. The van der Waals surface area contributed by atoms with Crippen LogP contribution in [0.3, 0.4) is 0 Å². The van der Waals surface area contributed by atoms with Crippen LogP contribution in [0, 0.1) is 11.6 Å². The number of hydrogen-bond acceptors (Lipinski definition) is 7. The van der Waals surface area contributed by atoms with Gasteiger partial charge in [0.15, 0.2) is 11.6 Å². The fourth-order valence-corrected chi connectivity index (χ4v) is 7.26. The van der Waals surface area contributed by atoms with Crippen LogP contribution in [0.1, 0.15) is 120 Å². The molecular formula is C54H72F2N4O5. The number of nitrogens with zero attached hydrogens (tertiary/aromatic N) is 2. The van der Waals surface area contributed by atoms with Crippen molar-refractivity contribution >= 4 is 23.4 Å². The maximum atomic E-state index is 14.3. The highest BCUT2D eigenvalue weighted by atomic mass is 19.1. The zero-order valence-electron chi connectivity index (χ0n) is 39.4. The summed E-state index contributed by atoms with van der Waals surface area (Å²) in [6.45, 7) is 11.9. The maximum Gasteiger partial charge on any atom is 0.303 e. The summed E-state index contributed by atoms with van der Waals surface area (Å²) in [6.07, 6.45) is 9.61. The molecule has 4 rings (SSSR count). The van der Waals surface area contributed by atoms with Gasteiger partial charge in [-0.1, -0.05) is 98.8 Å². The number of amides is 1. The second-order valence-electron chi connectivity index (χ2n) is 16.6. The molecule has 0 radical (unpaired) electrons. The quantitative estimate of drug-likeness (QED) is 0.0443. The van der Waals surface area contributed by atoms with Crippen molar-refractivity contribution in [1.82, 2.24) is 15.1 Å². The van der Waals surface area contributed by atoms with Crippen LogP contribution in [0.25, 0.3) is 0 Å². The number of aliphatic carboxylic acids is 1. The van der Waals surface area contributed by atoms with E-state index >= 15 is 0 Å². The van der Waals surface area contributed by atoms with Crippen LogP contribution in [-0.4, -0.2) is 91.7 Å². The lowest BCUT2D eigenvalue weighted by atomic mass is 9.91. The standard InChI is InChI=1S/C27H35FN2O2.C14H21FN2O.C13H16O2/c1-5-7-11-22(21-12-9-8-10-13-21)18-27(32)29-19-23(30(3)4)16-20-14-15-24(25(28)17-20)26(31)6-2;1-4-14(18)12-6-5-10(8-13(12)15)7-11(9-16)17(2)3;1-2-3-7-12(10-13(14)15)11-8-5-4-6-9-11/h5,8-10,12-15,17,22-23H,1,6-7,11,16,18-19H2,2-4H3,(H,29,32);5-6,8,11H,4,7,9,16H2,1-3H3;2,4-6,8-9,12H,1,3,7,10H2,(H,14,15)/t22-,23-;11-;12-/m000/s1. The second kappa shape index (κ2) is 30.5. The summed E-state index contributed by atoms with van der Waals surface area (Å²) in [5.74, 6) is -1.78. The van der Waals surface area contributed by atoms with Gasteiger partial charge < -0.3 is 26.0 Å². The van der Waals surface area contributed by atoms with E-state index in [4.69, 9.17) is 10.8 Å². The molecule has 4 atom stereocenters. The van der Waals surface area contributed by atoms with Gasteiger partial charge in [0.2, 0.25) is 5.91 Å². The van der Waals surface area contributed by atoms with E-state index in [9.17, 15) is 28.0 Å². The number of halogens is 2. The van der Waals surface area contributed by atoms with Gasteiger partial charge in [0, 0.05) is 44.4 Å². The van der Waals surface area contributed by atoms with Crippen LogP contribution in [0.4, 0.5) is 8.78 Å². The Morgan fingerprint density at radius 1 is 0.662 bits per heavy atom. The van der Waals surface area contributed by atoms with E-state index < -0.39 is 17.6 Å². The lowest BCUT2D eigenvalue weighted by Gasteiger charge is -2.25. The van der Waals surface area contributed by atoms with Crippen molar-refractivity contribution in [3.63, 3.8) is 0 Å². The number of Topliss-reactive ketones (excluding diaryl/α,β-unsaturated/α-hetero) is 2. The Morgan fingerprint density at radius 2 is 1.08 bits per heavy atom. The van der Waals surface area contributed by atoms with Crippen LogP contribution in [0.2, 0.25) is 0 Å². The Balaban J connectivity index is 0.000000370. The maximum absolute atomic E-state index is 14.3. The predicted octanol–water partition coefficient (Wildman–Crippen LogP) is 10.2. The lowest BCUT2D eigenvalue weighted by Crippen LogP contribution is -2.42. The number of carbonyl (C=O) groups excluding carboxylic acids is 3. The fourth-order valence-electron chi connectivity index (χ4n) is 7.26. The van der Waals surface area contributed by atoms with Gasteiger partial charge in [0.1, 0.15) is 11.6 Å². The number of carboxylic acid groups (broad SMARTS) is 1. The van der Waals surface area contributed by atoms with Crippen molar-refractivity contribution in [2.45, 2.75) is 102 Å². The van der Waals surface area contributed by atoms with Crippen molar-refractivity contribution in [1.29, 1.82) is 0 Å². The molecule has 0 unspecified atom stereocenters. The van der Waals surface area contributed by atoms with Gasteiger partial charge in [0.05, 0.1) is 17.5 Å². The molecule has 4 aromatic rings. The highest BCUT2D eigenvalue weighted by molar-refractivity contribution is 5.96. The molecule has 4 aromatic carbocycles. The Bertz CT molecular complexity index is 2080. The fraction of sp³-hybridized carbons (Fsp3) is 0.407. The van der Waals surface area contributed by atoms with Gasteiger partial charge in [-0.25, -0.2) is 8.78 Å². The molecule has 0 aromatic heterocycles. The van der Waals surface area contributed by atoms with Crippen LogP contribution in [-0.2, 0) is 22.4 Å². The van der Waals surface area contributed by atoms with Crippen LogP contribution in [0.15, 0.2) is 122 Å². The minimum atomic E-state index is -0.743. The average Bonchev–Trinajstić information content (AvgIpc) is 3.30. The zero-order valence-corrected chi connectivity index (χ0v) is 39.4. The van der Waals surface area contributed by atoms with E-state index in [0.717, 1.165) is 47.9 Å². The molecule has 0 bridgehead atoms. The van der Waals surface area contributed by atoms with Gasteiger partial charge in [0.25, 0.3) is 0 Å². The molecule has 0 fully saturated rings. The molecule has 0 saturated heterocycles. The number of likely N-dealkylation sites (N-methyl/N-ethyl adjacent to an activating group) is 2. The van der Waals surface area contributed by atoms with Gasteiger partial charge in [-0.2, -0.15) is 0 Å². The summed E-state index contributed by atoms with van der Waals surface area (Å²) < 4.78 is 28.1.